The van der Waals surface area contributed by atoms with Crippen LogP contribution in [0.1, 0.15) is 24.5 Å². The van der Waals surface area contributed by atoms with E-state index < -0.39 is 6.10 Å². The molecule has 0 spiro atoms. The Morgan fingerprint density at radius 1 is 1.33 bits per heavy atom. The number of aliphatic hydroxyl groups is 2. The summed E-state index contributed by atoms with van der Waals surface area (Å²) >= 11 is 0. The van der Waals surface area contributed by atoms with Gasteiger partial charge in [0.05, 0.1) is 19.3 Å². The van der Waals surface area contributed by atoms with Gasteiger partial charge in [0.2, 0.25) is 0 Å². The summed E-state index contributed by atoms with van der Waals surface area (Å²) in [7, 11) is 1.63. The lowest BCUT2D eigenvalue weighted by atomic mass is 9.82. The quantitative estimate of drug-likeness (QED) is 0.708. The van der Waals surface area contributed by atoms with Gasteiger partial charge in [0.25, 0.3) is 0 Å². The molecule has 1 saturated carbocycles. The number of nitrogens with one attached hydrogen (secondary N) is 1. The van der Waals surface area contributed by atoms with Crippen molar-refractivity contribution in [1.29, 1.82) is 0 Å². The Labute approximate surface area is 108 Å². The second kappa shape index (κ2) is 6.18. The second-order valence-electron chi connectivity index (χ2n) is 4.94. The maximum atomic E-state index is 9.99. The minimum atomic E-state index is -0.499. The van der Waals surface area contributed by atoms with Gasteiger partial charge >= 0.3 is 0 Å². The summed E-state index contributed by atoms with van der Waals surface area (Å²) in [6.45, 7) is 1.41. The van der Waals surface area contributed by atoms with Gasteiger partial charge in [0.1, 0.15) is 5.75 Å². The van der Waals surface area contributed by atoms with Gasteiger partial charge in [-0.15, -0.1) is 0 Å². The van der Waals surface area contributed by atoms with Crippen molar-refractivity contribution in [2.24, 2.45) is 5.92 Å². The molecule has 4 nitrogen and oxygen atoms in total. The zero-order valence-corrected chi connectivity index (χ0v) is 10.7. The molecule has 1 aliphatic carbocycles. The molecule has 1 unspecified atom stereocenters. The monoisotopic (exact) mass is 251 g/mol. The van der Waals surface area contributed by atoms with Crippen molar-refractivity contribution in [3.8, 4) is 5.75 Å². The van der Waals surface area contributed by atoms with Crippen molar-refractivity contribution in [2.75, 3.05) is 20.2 Å². The number of hydrogen-bond donors (Lipinski definition) is 3. The van der Waals surface area contributed by atoms with Crippen LogP contribution in [0.5, 0.6) is 5.75 Å². The molecule has 0 amide bonds. The molecule has 0 bridgehead atoms. The van der Waals surface area contributed by atoms with Crippen LogP contribution in [0.15, 0.2) is 24.3 Å². The fourth-order valence-electron chi connectivity index (χ4n) is 2.24. The molecule has 1 atom stereocenters. The Bertz CT molecular complexity index is 360. The molecule has 4 heteroatoms. The third-order valence-corrected chi connectivity index (χ3v) is 3.48. The molecule has 1 aromatic carbocycles. The van der Waals surface area contributed by atoms with E-state index in [-0.39, 0.29) is 6.10 Å². The Balaban J connectivity index is 1.71. The number of hydrogen-bond acceptors (Lipinski definition) is 4. The Morgan fingerprint density at radius 3 is 2.56 bits per heavy atom. The number of rotatable bonds is 6. The van der Waals surface area contributed by atoms with E-state index in [0.717, 1.165) is 30.7 Å². The number of methoxy groups -OCH3 is 1. The van der Waals surface area contributed by atoms with Crippen LogP contribution < -0.4 is 10.1 Å². The SMILES string of the molecule is COc1ccc(C(O)CNCC2CC(O)C2)cc1. The van der Waals surface area contributed by atoms with Gasteiger partial charge in [-0.2, -0.15) is 0 Å². The van der Waals surface area contributed by atoms with Gasteiger partial charge in [-0.05, 0) is 43.0 Å². The predicted octanol–water partition coefficient (Wildman–Crippen LogP) is 1.09. The van der Waals surface area contributed by atoms with Crippen molar-refractivity contribution in [3.05, 3.63) is 29.8 Å². The van der Waals surface area contributed by atoms with Gasteiger partial charge in [-0.1, -0.05) is 12.1 Å². The van der Waals surface area contributed by atoms with E-state index in [1.807, 2.05) is 24.3 Å². The lowest BCUT2D eigenvalue weighted by molar-refractivity contribution is 0.0415. The minimum Gasteiger partial charge on any atom is -0.497 e. The average Bonchev–Trinajstić information content (AvgIpc) is 2.36. The van der Waals surface area contributed by atoms with Gasteiger partial charge in [0.15, 0.2) is 0 Å². The maximum absolute atomic E-state index is 9.99. The molecule has 1 fully saturated rings. The minimum absolute atomic E-state index is 0.108. The summed E-state index contributed by atoms with van der Waals surface area (Å²) < 4.78 is 5.07. The topological polar surface area (TPSA) is 61.7 Å². The summed E-state index contributed by atoms with van der Waals surface area (Å²) in [5.41, 5.74) is 0.886. The van der Waals surface area contributed by atoms with Crippen molar-refractivity contribution < 1.29 is 14.9 Å². The highest BCUT2D eigenvalue weighted by molar-refractivity contribution is 5.28. The molecule has 2 rings (SSSR count). The van der Waals surface area contributed by atoms with Gasteiger partial charge in [0, 0.05) is 6.54 Å². The lowest BCUT2D eigenvalue weighted by Gasteiger charge is -2.31. The lowest BCUT2D eigenvalue weighted by Crippen LogP contribution is -2.37. The van der Waals surface area contributed by atoms with Crippen LogP contribution >= 0.6 is 0 Å². The Hall–Kier alpha value is -1.10. The third kappa shape index (κ3) is 3.45. The maximum Gasteiger partial charge on any atom is 0.118 e. The fraction of sp³-hybridized carbons (Fsp3) is 0.571. The first kappa shape index (κ1) is 13.3. The highest BCUT2D eigenvalue weighted by Crippen LogP contribution is 2.26. The summed E-state index contributed by atoms with van der Waals surface area (Å²) in [5.74, 6) is 1.35. The van der Waals surface area contributed by atoms with E-state index >= 15 is 0 Å². The summed E-state index contributed by atoms with van der Waals surface area (Å²) in [6.07, 6.45) is 1.15. The van der Waals surface area contributed by atoms with Crippen LogP contribution in [-0.2, 0) is 0 Å². The Kier molecular flexibility index (Phi) is 4.58. The normalized spacial score (nSPS) is 24.4. The largest absolute Gasteiger partial charge is 0.497 e. The molecule has 0 aliphatic heterocycles. The fourth-order valence-corrected chi connectivity index (χ4v) is 2.24. The zero-order chi connectivity index (χ0) is 13.0. The second-order valence-corrected chi connectivity index (χ2v) is 4.94. The van der Waals surface area contributed by atoms with Crippen molar-refractivity contribution in [1.82, 2.24) is 5.32 Å². The van der Waals surface area contributed by atoms with Gasteiger partial charge in [-0.3, -0.25) is 0 Å². The molecule has 0 saturated heterocycles. The smallest absolute Gasteiger partial charge is 0.118 e. The van der Waals surface area contributed by atoms with Crippen LogP contribution in [0.2, 0.25) is 0 Å². The molecule has 0 radical (unpaired) electrons. The first-order chi connectivity index (χ1) is 8.69. The predicted molar refractivity (Wildman–Crippen MR) is 69.6 cm³/mol. The third-order valence-electron chi connectivity index (χ3n) is 3.48. The average molecular weight is 251 g/mol. The Morgan fingerprint density at radius 2 is 2.00 bits per heavy atom. The number of aliphatic hydroxyl groups excluding tert-OH is 2. The van der Waals surface area contributed by atoms with Gasteiger partial charge in [-0.25, -0.2) is 0 Å². The zero-order valence-electron chi connectivity index (χ0n) is 10.7. The first-order valence-electron chi connectivity index (χ1n) is 6.40. The van der Waals surface area contributed by atoms with Crippen molar-refractivity contribution in [2.45, 2.75) is 25.0 Å². The summed E-state index contributed by atoms with van der Waals surface area (Å²) in [4.78, 5) is 0. The standard InChI is InChI=1S/C14H21NO3/c1-18-13-4-2-11(3-5-13)14(17)9-15-8-10-6-12(16)7-10/h2-5,10,12,14-17H,6-9H2,1H3. The van der Waals surface area contributed by atoms with E-state index in [1.165, 1.54) is 0 Å². The van der Waals surface area contributed by atoms with E-state index in [9.17, 15) is 5.11 Å². The molecule has 3 N–H and O–H groups in total. The van der Waals surface area contributed by atoms with Crippen LogP contribution in [0, 0.1) is 5.92 Å². The van der Waals surface area contributed by atoms with E-state index in [2.05, 4.69) is 5.32 Å². The van der Waals surface area contributed by atoms with E-state index in [0.29, 0.717) is 12.5 Å². The molecular formula is C14H21NO3. The van der Waals surface area contributed by atoms with E-state index in [1.54, 1.807) is 7.11 Å². The molecule has 18 heavy (non-hydrogen) atoms. The van der Waals surface area contributed by atoms with Crippen LogP contribution in [0.3, 0.4) is 0 Å². The first-order valence-corrected chi connectivity index (χ1v) is 6.40. The number of ether oxygens (including phenoxy) is 1. The molecule has 1 aliphatic rings. The van der Waals surface area contributed by atoms with Gasteiger partial charge < -0.3 is 20.3 Å². The van der Waals surface area contributed by atoms with Crippen molar-refractivity contribution >= 4 is 0 Å². The van der Waals surface area contributed by atoms with Crippen LogP contribution in [0.25, 0.3) is 0 Å². The van der Waals surface area contributed by atoms with Crippen molar-refractivity contribution in [3.63, 3.8) is 0 Å². The molecule has 0 heterocycles. The summed E-state index contributed by atoms with van der Waals surface area (Å²) in [6, 6.07) is 7.44. The molecular weight excluding hydrogens is 230 g/mol. The number of benzene rings is 1. The molecule has 1 aromatic rings. The molecule has 0 aromatic heterocycles. The van der Waals surface area contributed by atoms with E-state index in [4.69, 9.17) is 9.84 Å². The molecule has 100 valence electrons. The van der Waals surface area contributed by atoms with Crippen LogP contribution in [-0.4, -0.2) is 36.5 Å². The van der Waals surface area contributed by atoms with Crippen LogP contribution in [0.4, 0.5) is 0 Å². The highest BCUT2D eigenvalue weighted by Gasteiger charge is 2.26. The summed E-state index contributed by atoms with van der Waals surface area (Å²) in [5, 5.41) is 22.4. The highest BCUT2D eigenvalue weighted by atomic mass is 16.5.